The van der Waals surface area contributed by atoms with Gasteiger partial charge in [0.25, 0.3) is 0 Å². The minimum Gasteiger partial charge on any atom is -0.335 e. The maximum absolute atomic E-state index is 11.6. The van der Waals surface area contributed by atoms with Crippen molar-refractivity contribution in [2.75, 3.05) is 34.2 Å². The van der Waals surface area contributed by atoms with Gasteiger partial charge < -0.3 is 15.1 Å². The molecule has 4 heteroatoms. The van der Waals surface area contributed by atoms with Crippen molar-refractivity contribution in [2.45, 2.75) is 25.3 Å². The largest absolute Gasteiger partial charge is 0.335 e. The third-order valence-corrected chi connectivity index (χ3v) is 2.66. The average Bonchev–Trinajstić information content (AvgIpc) is 2.06. The molecule has 0 aromatic carbocycles. The van der Waals surface area contributed by atoms with Crippen molar-refractivity contribution in [3.8, 4) is 0 Å². The lowest BCUT2D eigenvalue weighted by atomic mass is 9.93. The molecule has 0 aromatic rings. The highest BCUT2D eigenvalue weighted by Crippen LogP contribution is 2.17. The summed E-state index contributed by atoms with van der Waals surface area (Å²) < 4.78 is 0. The Morgan fingerprint density at radius 1 is 1.29 bits per heavy atom. The highest BCUT2D eigenvalue weighted by molar-refractivity contribution is 5.74. The van der Waals surface area contributed by atoms with Crippen LogP contribution in [0.15, 0.2) is 0 Å². The van der Waals surface area contributed by atoms with Crippen LogP contribution in [0.3, 0.4) is 0 Å². The Labute approximate surface area is 86.2 Å². The summed E-state index contributed by atoms with van der Waals surface area (Å²) in [5.74, 6) is 0. The molecule has 2 amide bonds. The predicted molar refractivity (Wildman–Crippen MR) is 57.4 cm³/mol. The monoisotopic (exact) mass is 199 g/mol. The van der Waals surface area contributed by atoms with Gasteiger partial charge in [-0.1, -0.05) is 0 Å². The first kappa shape index (κ1) is 11.3. The molecule has 0 atom stereocenters. The fraction of sp³-hybridized carbons (Fsp3) is 0.900. The number of likely N-dealkylation sites (N-methyl/N-ethyl adjacent to an activating group) is 2. The molecule has 0 spiro atoms. The zero-order valence-corrected chi connectivity index (χ0v) is 9.42. The quantitative estimate of drug-likeness (QED) is 0.725. The second-order valence-corrected chi connectivity index (χ2v) is 4.30. The zero-order chi connectivity index (χ0) is 10.6. The van der Waals surface area contributed by atoms with Gasteiger partial charge in [0.2, 0.25) is 0 Å². The van der Waals surface area contributed by atoms with E-state index >= 15 is 0 Å². The van der Waals surface area contributed by atoms with Crippen molar-refractivity contribution in [1.82, 2.24) is 15.1 Å². The van der Waals surface area contributed by atoms with Crippen LogP contribution in [-0.2, 0) is 0 Å². The number of nitrogens with one attached hydrogen (secondary N) is 1. The Morgan fingerprint density at radius 3 is 2.36 bits per heavy atom. The molecule has 0 unspecified atom stereocenters. The summed E-state index contributed by atoms with van der Waals surface area (Å²) in [6, 6.07) is 0.501. The maximum atomic E-state index is 11.6. The molecule has 0 heterocycles. The summed E-state index contributed by atoms with van der Waals surface area (Å²) >= 11 is 0. The molecule has 1 fully saturated rings. The van der Waals surface area contributed by atoms with E-state index in [4.69, 9.17) is 0 Å². The molecule has 1 saturated carbocycles. The number of hydrogen-bond acceptors (Lipinski definition) is 2. The van der Waals surface area contributed by atoms with E-state index in [-0.39, 0.29) is 6.03 Å². The topological polar surface area (TPSA) is 35.6 Å². The van der Waals surface area contributed by atoms with Gasteiger partial charge in [0.05, 0.1) is 0 Å². The smallest absolute Gasteiger partial charge is 0.317 e. The summed E-state index contributed by atoms with van der Waals surface area (Å²) in [4.78, 5) is 15.4. The molecule has 1 aliphatic rings. The molecule has 0 aliphatic heterocycles. The van der Waals surface area contributed by atoms with Crippen LogP contribution in [0.1, 0.15) is 19.3 Å². The molecular weight excluding hydrogens is 178 g/mol. The van der Waals surface area contributed by atoms with Crippen molar-refractivity contribution in [2.24, 2.45) is 0 Å². The summed E-state index contributed by atoms with van der Waals surface area (Å²) in [6.07, 6.45) is 3.55. The molecular formula is C10H21N3O. The Bertz CT molecular complexity index is 190. The van der Waals surface area contributed by atoms with E-state index in [2.05, 4.69) is 10.2 Å². The predicted octanol–water partition coefficient (Wildman–Crippen LogP) is 0.742. The Morgan fingerprint density at radius 2 is 1.93 bits per heavy atom. The fourth-order valence-electron chi connectivity index (χ4n) is 1.29. The number of carbonyl (C=O) groups is 1. The molecule has 1 aliphatic carbocycles. The maximum Gasteiger partial charge on any atom is 0.317 e. The minimum absolute atomic E-state index is 0.0663. The first-order valence-corrected chi connectivity index (χ1v) is 5.26. The van der Waals surface area contributed by atoms with Crippen LogP contribution in [0.5, 0.6) is 0 Å². The first-order valence-electron chi connectivity index (χ1n) is 5.26. The molecule has 0 aromatic heterocycles. The van der Waals surface area contributed by atoms with E-state index in [1.54, 1.807) is 4.90 Å². The molecule has 1 N–H and O–H groups in total. The lowest BCUT2D eigenvalue weighted by molar-refractivity contribution is 0.192. The third-order valence-electron chi connectivity index (χ3n) is 2.66. The van der Waals surface area contributed by atoms with Gasteiger partial charge in [-0.25, -0.2) is 4.79 Å². The number of amides is 2. The summed E-state index contributed by atoms with van der Waals surface area (Å²) in [5.41, 5.74) is 0. The first-order chi connectivity index (χ1) is 6.59. The zero-order valence-electron chi connectivity index (χ0n) is 9.42. The Kier molecular flexibility index (Phi) is 4.20. The van der Waals surface area contributed by atoms with Gasteiger partial charge in [-0.2, -0.15) is 0 Å². The minimum atomic E-state index is 0.0663. The molecule has 0 saturated heterocycles. The second-order valence-electron chi connectivity index (χ2n) is 4.30. The fourth-order valence-corrected chi connectivity index (χ4v) is 1.29. The van der Waals surface area contributed by atoms with Crippen LogP contribution in [-0.4, -0.2) is 56.1 Å². The van der Waals surface area contributed by atoms with E-state index in [0.717, 1.165) is 25.9 Å². The van der Waals surface area contributed by atoms with Crippen LogP contribution >= 0.6 is 0 Å². The lowest BCUT2D eigenvalue weighted by Crippen LogP contribution is -2.47. The molecule has 0 bridgehead atoms. The van der Waals surface area contributed by atoms with Gasteiger partial charge >= 0.3 is 6.03 Å². The summed E-state index contributed by atoms with van der Waals surface area (Å²) in [6.45, 7) is 1.69. The highest BCUT2D eigenvalue weighted by Gasteiger charge is 2.20. The number of urea groups is 1. The SMILES string of the molecule is CN(C)CCN(C)C(=O)NC1CCC1. The van der Waals surface area contributed by atoms with Gasteiger partial charge in [-0.15, -0.1) is 0 Å². The van der Waals surface area contributed by atoms with Gasteiger partial charge in [-0.3, -0.25) is 0 Å². The normalized spacial score (nSPS) is 16.6. The van der Waals surface area contributed by atoms with E-state index in [1.807, 2.05) is 21.1 Å². The van der Waals surface area contributed by atoms with Crippen molar-refractivity contribution in [3.05, 3.63) is 0 Å². The number of hydrogen-bond donors (Lipinski definition) is 1. The van der Waals surface area contributed by atoms with Crippen molar-refractivity contribution in [1.29, 1.82) is 0 Å². The highest BCUT2D eigenvalue weighted by atomic mass is 16.2. The van der Waals surface area contributed by atoms with Gasteiger partial charge in [0.15, 0.2) is 0 Å². The van der Waals surface area contributed by atoms with Crippen LogP contribution < -0.4 is 5.32 Å². The van der Waals surface area contributed by atoms with E-state index < -0.39 is 0 Å². The van der Waals surface area contributed by atoms with E-state index in [9.17, 15) is 4.79 Å². The number of carbonyl (C=O) groups excluding carboxylic acids is 1. The van der Waals surface area contributed by atoms with Crippen LogP contribution in [0, 0.1) is 0 Å². The van der Waals surface area contributed by atoms with Crippen LogP contribution in [0.25, 0.3) is 0 Å². The molecule has 14 heavy (non-hydrogen) atoms. The third kappa shape index (κ3) is 3.54. The summed E-state index contributed by atoms with van der Waals surface area (Å²) in [5, 5.41) is 3.01. The van der Waals surface area contributed by atoms with Gasteiger partial charge in [0.1, 0.15) is 0 Å². The lowest BCUT2D eigenvalue weighted by Gasteiger charge is -2.29. The second kappa shape index (κ2) is 5.20. The van der Waals surface area contributed by atoms with Crippen molar-refractivity contribution < 1.29 is 4.79 Å². The Balaban J connectivity index is 2.14. The molecule has 4 nitrogen and oxygen atoms in total. The van der Waals surface area contributed by atoms with Crippen molar-refractivity contribution >= 4 is 6.03 Å². The van der Waals surface area contributed by atoms with Gasteiger partial charge in [0, 0.05) is 26.2 Å². The Hall–Kier alpha value is -0.770. The van der Waals surface area contributed by atoms with Crippen LogP contribution in [0.2, 0.25) is 0 Å². The number of nitrogens with zero attached hydrogens (tertiary/aromatic N) is 2. The molecule has 1 rings (SSSR count). The molecule has 82 valence electrons. The average molecular weight is 199 g/mol. The van der Waals surface area contributed by atoms with Crippen molar-refractivity contribution in [3.63, 3.8) is 0 Å². The standard InChI is InChI=1S/C10H21N3O/c1-12(2)7-8-13(3)10(14)11-9-5-4-6-9/h9H,4-8H2,1-3H3,(H,11,14). The van der Waals surface area contributed by atoms with E-state index in [1.165, 1.54) is 6.42 Å². The van der Waals surface area contributed by atoms with Gasteiger partial charge in [-0.05, 0) is 33.4 Å². The van der Waals surface area contributed by atoms with Crippen LogP contribution in [0.4, 0.5) is 4.79 Å². The number of rotatable bonds is 4. The summed E-state index contributed by atoms with van der Waals surface area (Å²) in [7, 11) is 5.87. The van der Waals surface area contributed by atoms with E-state index in [0.29, 0.717) is 6.04 Å². The molecule has 0 radical (unpaired) electrons.